The van der Waals surface area contributed by atoms with Crippen LogP contribution in [0.4, 0.5) is 0 Å². The molecule has 0 unspecified atom stereocenters. The Hall–Kier alpha value is -2.56. The van der Waals surface area contributed by atoms with Gasteiger partial charge in [0.25, 0.3) is 0 Å². The summed E-state index contributed by atoms with van der Waals surface area (Å²) >= 11 is 0. The summed E-state index contributed by atoms with van der Waals surface area (Å²) in [5.74, 6) is -0.323. The summed E-state index contributed by atoms with van der Waals surface area (Å²) in [7, 11) is 1.38. The number of rotatable bonds is 2. The number of hydrogen-bond donors (Lipinski definition) is 1. The third-order valence-corrected chi connectivity index (χ3v) is 2.87. The number of nitrogens with zero attached hydrogens (tertiary/aromatic N) is 2. The number of fused-ring (bicyclic) bond motifs is 1. The highest BCUT2D eigenvalue weighted by Crippen LogP contribution is 2.15. The zero-order chi connectivity index (χ0) is 12.5. The highest BCUT2D eigenvalue weighted by Gasteiger charge is 2.12. The fourth-order valence-electron chi connectivity index (χ4n) is 1.95. The summed E-state index contributed by atoms with van der Waals surface area (Å²) in [4.78, 5) is 11.3. The van der Waals surface area contributed by atoms with E-state index in [2.05, 4.69) is 9.84 Å². The molecule has 90 valence electrons. The minimum absolute atomic E-state index is 0.323. The van der Waals surface area contributed by atoms with Crippen molar-refractivity contribution >= 4 is 5.97 Å². The molecule has 0 radical (unpaired) electrons. The molecule has 0 amide bonds. The van der Waals surface area contributed by atoms with E-state index in [1.54, 1.807) is 12.1 Å². The second-order valence-electron chi connectivity index (χ2n) is 3.91. The van der Waals surface area contributed by atoms with E-state index in [4.69, 9.17) is 0 Å². The number of aromatic nitrogens is 3. The first-order valence-corrected chi connectivity index (χ1v) is 5.55. The van der Waals surface area contributed by atoms with Gasteiger partial charge in [-0.3, -0.25) is 0 Å². The Balaban J connectivity index is 2.03. The summed E-state index contributed by atoms with van der Waals surface area (Å²) in [5, 5.41) is 3.10. The number of aromatic amines is 1. The van der Waals surface area contributed by atoms with Gasteiger partial charge in [0.1, 0.15) is 6.20 Å². The molecule has 0 fully saturated rings. The Morgan fingerprint density at radius 1 is 1.33 bits per heavy atom. The Kier molecular flexibility index (Phi) is 2.37. The van der Waals surface area contributed by atoms with Gasteiger partial charge >= 0.3 is 5.97 Å². The van der Waals surface area contributed by atoms with Gasteiger partial charge in [-0.25, -0.2) is 4.79 Å². The highest BCUT2D eigenvalue weighted by atomic mass is 16.5. The van der Waals surface area contributed by atoms with Gasteiger partial charge in [0.15, 0.2) is 6.20 Å². The van der Waals surface area contributed by atoms with Gasteiger partial charge in [-0.15, -0.1) is 4.52 Å². The van der Waals surface area contributed by atoms with E-state index in [1.165, 1.54) is 7.11 Å². The Bertz CT molecular complexity index is 694. The molecule has 1 aromatic carbocycles. The molecule has 5 nitrogen and oxygen atoms in total. The van der Waals surface area contributed by atoms with Crippen molar-refractivity contribution in [3.05, 3.63) is 54.5 Å². The minimum atomic E-state index is -0.323. The monoisotopic (exact) mass is 242 g/mol. The number of nitrogens with one attached hydrogen (secondary N) is 1. The molecular weight excluding hydrogens is 230 g/mol. The molecule has 0 aliphatic rings. The van der Waals surface area contributed by atoms with Crippen molar-refractivity contribution in [3.8, 4) is 11.3 Å². The molecule has 0 saturated carbocycles. The number of carbonyl (C=O) groups is 1. The first kappa shape index (κ1) is 10.6. The van der Waals surface area contributed by atoms with E-state index in [0.29, 0.717) is 5.56 Å². The van der Waals surface area contributed by atoms with Crippen LogP contribution in [0.2, 0.25) is 0 Å². The highest BCUT2D eigenvalue weighted by molar-refractivity contribution is 5.89. The second kappa shape index (κ2) is 4.03. The number of methoxy groups -OCH3 is 1. The lowest BCUT2D eigenvalue weighted by atomic mass is 10.1. The smallest absolute Gasteiger partial charge is 0.337 e. The number of H-pyrrole nitrogens is 1. The van der Waals surface area contributed by atoms with E-state index >= 15 is 0 Å². The lowest BCUT2D eigenvalue weighted by Crippen LogP contribution is -2.25. The summed E-state index contributed by atoms with van der Waals surface area (Å²) in [5.41, 5.74) is 2.60. The molecule has 3 aromatic rings. The lowest BCUT2D eigenvalue weighted by molar-refractivity contribution is -0.607. The number of esters is 1. The van der Waals surface area contributed by atoms with Gasteiger partial charge in [0.2, 0.25) is 5.69 Å². The predicted molar refractivity (Wildman–Crippen MR) is 64.2 cm³/mol. The molecule has 3 rings (SSSR count). The largest absolute Gasteiger partial charge is 0.465 e. The summed E-state index contributed by atoms with van der Waals surface area (Å²) in [6.45, 7) is 0. The lowest BCUT2D eigenvalue weighted by Gasteiger charge is -1.99. The van der Waals surface area contributed by atoms with Crippen molar-refractivity contribution in [2.45, 2.75) is 0 Å². The van der Waals surface area contributed by atoms with Crippen LogP contribution in [-0.2, 0) is 4.74 Å². The third-order valence-electron chi connectivity index (χ3n) is 2.87. The van der Waals surface area contributed by atoms with E-state index in [1.807, 2.05) is 45.9 Å². The van der Waals surface area contributed by atoms with Crippen molar-refractivity contribution in [1.82, 2.24) is 9.73 Å². The molecular formula is C13H12N3O2+. The van der Waals surface area contributed by atoms with Gasteiger partial charge in [-0.2, -0.15) is 5.10 Å². The molecule has 2 aromatic heterocycles. The van der Waals surface area contributed by atoms with Crippen molar-refractivity contribution in [1.29, 1.82) is 0 Å². The van der Waals surface area contributed by atoms with Crippen molar-refractivity contribution in [2.24, 2.45) is 0 Å². The maximum absolute atomic E-state index is 11.3. The molecule has 2 heterocycles. The van der Waals surface area contributed by atoms with Crippen LogP contribution in [0.3, 0.4) is 0 Å². The second-order valence-corrected chi connectivity index (χ2v) is 3.91. The van der Waals surface area contributed by atoms with E-state index in [-0.39, 0.29) is 5.97 Å². The number of hydrogen-bond acceptors (Lipinski definition) is 2. The number of carbonyl (C=O) groups excluding carboxylic acids is 1. The van der Waals surface area contributed by atoms with Crippen molar-refractivity contribution < 1.29 is 14.0 Å². The molecule has 0 aliphatic heterocycles. The van der Waals surface area contributed by atoms with Gasteiger partial charge < -0.3 is 4.74 Å². The fraction of sp³-hybridized carbons (Fsp3) is 0.0769. The molecule has 0 saturated heterocycles. The number of benzene rings is 1. The zero-order valence-corrected chi connectivity index (χ0v) is 9.83. The van der Waals surface area contributed by atoms with E-state index in [0.717, 1.165) is 11.3 Å². The van der Waals surface area contributed by atoms with Crippen molar-refractivity contribution in [2.75, 3.05) is 7.11 Å². The van der Waals surface area contributed by atoms with Crippen LogP contribution in [0, 0.1) is 0 Å². The SMILES string of the molecule is COC(=O)c1ccc(-c2c[nH]n3ccc[n+]23)cc1. The van der Waals surface area contributed by atoms with E-state index < -0.39 is 0 Å². The standard InChI is InChI=1S/C13H11N3O2/c1-18-13(17)11-5-3-10(4-6-11)12-9-14-16-8-2-7-15(12)16/h2-9H,1H3/p+1. The number of ether oxygens (including phenoxy) is 1. The quantitative estimate of drug-likeness (QED) is 0.544. The first-order chi connectivity index (χ1) is 8.79. The molecule has 18 heavy (non-hydrogen) atoms. The normalized spacial score (nSPS) is 10.7. The van der Waals surface area contributed by atoms with Crippen molar-refractivity contribution in [3.63, 3.8) is 0 Å². The predicted octanol–water partition coefficient (Wildman–Crippen LogP) is 1.31. The van der Waals surface area contributed by atoms with E-state index in [9.17, 15) is 4.79 Å². The zero-order valence-electron chi connectivity index (χ0n) is 9.83. The first-order valence-electron chi connectivity index (χ1n) is 5.55. The van der Waals surface area contributed by atoms with Crippen LogP contribution in [0.5, 0.6) is 0 Å². The minimum Gasteiger partial charge on any atom is -0.465 e. The fourth-order valence-corrected chi connectivity index (χ4v) is 1.95. The average Bonchev–Trinajstić information content (AvgIpc) is 3.00. The molecule has 0 bridgehead atoms. The molecule has 5 heteroatoms. The maximum atomic E-state index is 11.3. The van der Waals surface area contributed by atoms with Crippen LogP contribution in [0.15, 0.2) is 48.9 Å². The maximum Gasteiger partial charge on any atom is 0.337 e. The van der Waals surface area contributed by atoms with Gasteiger partial charge in [0, 0.05) is 11.6 Å². The molecule has 0 atom stereocenters. The van der Waals surface area contributed by atoms with Crippen LogP contribution in [0.1, 0.15) is 10.4 Å². The average molecular weight is 242 g/mol. The Morgan fingerprint density at radius 2 is 2.11 bits per heavy atom. The van der Waals surface area contributed by atoms with Gasteiger partial charge in [-0.05, 0) is 24.3 Å². The molecule has 0 spiro atoms. The summed E-state index contributed by atoms with van der Waals surface area (Å²) in [6.07, 6.45) is 5.79. The van der Waals surface area contributed by atoms with Crippen LogP contribution in [0.25, 0.3) is 11.3 Å². The molecule has 1 N–H and O–H groups in total. The Morgan fingerprint density at radius 3 is 2.83 bits per heavy atom. The third kappa shape index (κ3) is 1.57. The summed E-state index contributed by atoms with van der Waals surface area (Å²) in [6, 6.07) is 9.26. The van der Waals surface area contributed by atoms with Gasteiger partial charge in [0.05, 0.1) is 18.9 Å². The van der Waals surface area contributed by atoms with Crippen LogP contribution in [-0.4, -0.2) is 22.8 Å². The van der Waals surface area contributed by atoms with Gasteiger partial charge in [-0.1, -0.05) is 4.63 Å². The molecule has 0 aliphatic carbocycles. The summed E-state index contributed by atoms with van der Waals surface area (Å²) < 4.78 is 8.51. The van der Waals surface area contributed by atoms with Crippen LogP contribution >= 0.6 is 0 Å². The Labute approximate surface area is 103 Å². The van der Waals surface area contributed by atoms with Crippen LogP contribution < -0.4 is 4.52 Å². The topological polar surface area (TPSA) is 50.6 Å².